The van der Waals surface area contributed by atoms with Gasteiger partial charge in [0.2, 0.25) is 5.91 Å². The Morgan fingerprint density at radius 3 is 2.72 bits per heavy atom. The Hall–Kier alpha value is -2.65. The molecule has 0 unspecified atom stereocenters. The van der Waals surface area contributed by atoms with Crippen LogP contribution in [0.2, 0.25) is 0 Å². The molecule has 1 aliphatic carbocycles. The second-order valence-electron chi connectivity index (χ2n) is 6.10. The summed E-state index contributed by atoms with van der Waals surface area (Å²) in [6.07, 6.45) is 1.81. The quantitative estimate of drug-likeness (QED) is 0.825. The van der Waals surface area contributed by atoms with Crippen molar-refractivity contribution in [2.75, 3.05) is 5.32 Å². The first-order valence-electron chi connectivity index (χ1n) is 8.07. The number of anilines is 1. The summed E-state index contributed by atoms with van der Waals surface area (Å²) in [5, 5.41) is 12.5. The highest BCUT2D eigenvalue weighted by Gasteiger charge is 2.31. The second-order valence-corrected chi connectivity index (χ2v) is 7.32. The lowest BCUT2D eigenvalue weighted by atomic mass is 10.1. The molecule has 1 amide bonds. The van der Waals surface area contributed by atoms with Gasteiger partial charge in [0.1, 0.15) is 11.6 Å². The molecule has 1 aliphatic rings. The first kappa shape index (κ1) is 17.2. The number of hydrogen-bond donors (Lipinski definition) is 1. The molecule has 0 saturated heterocycles. The van der Waals surface area contributed by atoms with Gasteiger partial charge < -0.3 is 10.1 Å². The average molecular weight is 354 g/mol. The van der Waals surface area contributed by atoms with E-state index in [0.29, 0.717) is 21.7 Å². The van der Waals surface area contributed by atoms with Crippen LogP contribution in [-0.2, 0) is 16.1 Å². The molecule has 25 heavy (non-hydrogen) atoms. The van der Waals surface area contributed by atoms with Crippen LogP contribution >= 0.6 is 11.3 Å². The van der Waals surface area contributed by atoms with E-state index in [-0.39, 0.29) is 18.4 Å². The van der Waals surface area contributed by atoms with Crippen LogP contribution in [0.3, 0.4) is 0 Å². The van der Waals surface area contributed by atoms with Crippen molar-refractivity contribution in [3.05, 3.63) is 51.4 Å². The van der Waals surface area contributed by atoms with Crippen LogP contribution in [0.15, 0.2) is 24.3 Å². The van der Waals surface area contributed by atoms with Gasteiger partial charge in [-0.15, -0.1) is 11.3 Å². The molecule has 1 aromatic carbocycles. The fourth-order valence-electron chi connectivity index (χ4n) is 2.49. The number of aryl methyl sites for hydroxylation is 1. The summed E-state index contributed by atoms with van der Waals surface area (Å²) in [4.78, 5) is 25.6. The number of nitrogens with one attached hydrogen (secondary N) is 1. The summed E-state index contributed by atoms with van der Waals surface area (Å²) in [7, 11) is 0. The molecule has 1 heterocycles. The third kappa shape index (κ3) is 3.72. The highest BCUT2D eigenvalue weighted by molar-refractivity contribution is 7.16. The highest BCUT2D eigenvalue weighted by atomic mass is 32.1. The Labute approximate surface area is 150 Å². The van der Waals surface area contributed by atoms with Gasteiger partial charge in [-0.05, 0) is 38.3 Å². The summed E-state index contributed by atoms with van der Waals surface area (Å²) >= 11 is 1.39. The van der Waals surface area contributed by atoms with Crippen LogP contribution in [-0.4, -0.2) is 11.9 Å². The number of esters is 1. The molecule has 0 spiro atoms. The number of thiophene rings is 1. The van der Waals surface area contributed by atoms with Crippen molar-refractivity contribution >= 4 is 28.2 Å². The van der Waals surface area contributed by atoms with Gasteiger partial charge in [0, 0.05) is 16.4 Å². The number of nitrogens with zero attached hydrogens (tertiary/aromatic N) is 1. The van der Waals surface area contributed by atoms with Crippen LogP contribution in [0.1, 0.15) is 44.8 Å². The van der Waals surface area contributed by atoms with E-state index in [9.17, 15) is 9.59 Å². The maximum atomic E-state index is 12.6. The van der Waals surface area contributed by atoms with Crippen molar-refractivity contribution < 1.29 is 14.3 Å². The smallest absolute Gasteiger partial charge is 0.341 e. The topological polar surface area (TPSA) is 79.2 Å². The zero-order chi connectivity index (χ0) is 18.0. The van der Waals surface area contributed by atoms with Crippen molar-refractivity contribution in [1.82, 2.24) is 0 Å². The highest BCUT2D eigenvalue weighted by Crippen LogP contribution is 2.36. The second kappa shape index (κ2) is 7.08. The molecule has 0 aliphatic heterocycles. The molecule has 2 aromatic rings. The minimum absolute atomic E-state index is 0.0207. The fraction of sp³-hybridized carbons (Fsp3) is 0.316. The Morgan fingerprint density at radius 1 is 1.32 bits per heavy atom. The molecule has 3 rings (SSSR count). The SMILES string of the molecule is Cc1sc(NC(=O)C2CC2)c(C(=O)OCc2ccccc2C#N)c1C. The van der Waals surface area contributed by atoms with Gasteiger partial charge in [0.05, 0.1) is 17.2 Å². The zero-order valence-corrected chi connectivity index (χ0v) is 14.9. The van der Waals surface area contributed by atoms with Crippen molar-refractivity contribution in [2.45, 2.75) is 33.3 Å². The summed E-state index contributed by atoms with van der Waals surface area (Å²) < 4.78 is 5.41. The number of benzene rings is 1. The van der Waals surface area contributed by atoms with Gasteiger partial charge in [-0.2, -0.15) is 5.26 Å². The number of carbonyl (C=O) groups excluding carboxylic acids is 2. The number of rotatable bonds is 5. The molecule has 0 radical (unpaired) electrons. The van der Waals surface area contributed by atoms with Crippen molar-refractivity contribution in [3.63, 3.8) is 0 Å². The summed E-state index contributed by atoms with van der Waals surface area (Å²) in [5.41, 5.74) is 2.36. The number of amides is 1. The first-order valence-corrected chi connectivity index (χ1v) is 8.89. The van der Waals surface area contributed by atoms with E-state index in [0.717, 1.165) is 23.3 Å². The van der Waals surface area contributed by atoms with E-state index in [4.69, 9.17) is 10.00 Å². The van der Waals surface area contributed by atoms with Gasteiger partial charge in [0.15, 0.2) is 0 Å². The number of nitriles is 1. The van der Waals surface area contributed by atoms with E-state index in [1.165, 1.54) is 11.3 Å². The van der Waals surface area contributed by atoms with E-state index in [2.05, 4.69) is 11.4 Å². The standard InChI is InChI=1S/C19H18N2O3S/c1-11-12(2)25-18(21-17(22)13-7-8-13)16(11)19(23)24-10-15-6-4-3-5-14(15)9-20/h3-6,13H,7-8,10H2,1-2H3,(H,21,22). The summed E-state index contributed by atoms with van der Waals surface area (Å²) in [6.45, 7) is 3.78. The van der Waals surface area contributed by atoms with E-state index in [1.807, 2.05) is 13.8 Å². The molecule has 128 valence electrons. The molecule has 0 atom stereocenters. The number of ether oxygens (including phenoxy) is 1. The predicted octanol–water partition coefficient (Wildman–Crippen LogP) is 3.94. The Bertz CT molecular complexity index is 875. The molecule has 5 nitrogen and oxygen atoms in total. The monoisotopic (exact) mass is 354 g/mol. The molecule has 0 bridgehead atoms. The van der Waals surface area contributed by atoms with Gasteiger partial charge in [-0.25, -0.2) is 4.79 Å². The van der Waals surface area contributed by atoms with E-state index in [1.54, 1.807) is 24.3 Å². The van der Waals surface area contributed by atoms with E-state index < -0.39 is 5.97 Å². The van der Waals surface area contributed by atoms with Crippen LogP contribution in [0.25, 0.3) is 0 Å². The van der Waals surface area contributed by atoms with Gasteiger partial charge in [-0.1, -0.05) is 18.2 Å². The number of hydrogen-bond acceptors (Lipinski definition) is 5. The summed E-state index contributed by atoms with van der Waals surface area (Å²) in [5.74, 6) is -0.458. The molecule has 1 aromatic heterocycles. The maximum absolute atomic E-state index is 12.6. The van der Waals surface area contributed by atoms with Crippen molar-refractivity contribution in [2.24, 2.45) is 5.92 Å². The predicted molar refractivity (Wildman–Crippen MR) is 95.4 cm³/mol. The lowest BCUT2D eigenvalue weighted by Gasteiger charge is -2.09. The van der Waals surface area contributed by atoms with Crippen LogP contribution in [0.5, 0.6) is 0 Å². The summed E-state index contributed by atoms with van der Waals surface area (Å²) in [6, 6.07) is 9.09. The van der Waals surface area contributed by atoms with Crippen molar-refractivity contribution in [1.29, 1.82) is 5.26 Å². The van der Waals surface area contributed by atoms with Crippen LogP contribution in [0.4, 0.5) is 5.00 Å². The number of carbonyl (C=O) groups is 2. The molecule has 1 fully saturated rings. The minimum atomic E-state index is -0.485. The molecule has 6 heteroatoms. The molecular weight excluding hydrogens is 336 g/mol. The average Bonchev–Trinajstić information content (AvgIpc) is 3.41. The zero-order valence-electron chi connectivity index (χ0n) is 14.1. The van der Waals surface area contributed by atoms with Gasteiger partial charge in [0.25, 0.3) is 0 Å². The lowest BCUT2D eigenvalue weighted by Crippen LogP contribution is -2.16. The molecule has 1 N–H and O–H groups in total. The molecule has 1 saturated carbocycles. The Kier molecular flexibility index (Phi) is 4.86. The van der Waals surface area contributed by atoms with Gasteiger partial charge in [-0.3, -0.25) is 4.79 Å². The minimum Gasteiger partial charge on any atom is -0.457 e. The normalized spacial score (nSPS) is 13.2. The lowest BCUT2D eigenvalue weighted by molar-refractivity contribution is -0.117. The van der Waals surface area contributed by atoms with Crippen LogP contribution < -0.4 is 5.32 Å². The third-order valence-corrected chi connectivity index (χ3v) is 5.39. The maximum Gasteiger partial charge on any atom is 0.341 e. The van der Waals surface area contributed by atoms with E-state index >= 15 is 0 Å². The molecular formula is C19H18N2O3S. The Balaban J connectivity index is 1.77. The first-order chi connectivity index (χ1) is 12.0. The fourth-order valence-corrected chi connectivity index (χ4v) is 3.54. The third-order valence-electron chi connectivity index (χ3n) is 4.27. The Morgan fingerprint density at radius 2 is 2.04 bits per heavy atom. The van der Waals surface area contributed by atoms with Crippen molar-refractivity contribution in [3.8, 4) is 6.07 Å². The van der Waals surface area contributed by atoms with Gasteiger partial charge >= 0.3 is 5.97 Å². The van der Waals surface area contributed by atoms with Crippen LogP contribution in [0, 0.1) is 31.1 Å². The largest absolute Gasteiger partial charge is 0.457 e.